The Morgan fingerprint density at radius 3 is 2.47 bits per heavy atom. The van der Waals surface area contributed by atoms with Gasteiger partial charge in [-0.15, -0.1) is 5.10 Å². The molecule has 0 aromatic carbocycles. The summed E-state index contributed by atoms with van der Waals surface area (Å²) in [7, 11) is 1.86. The SMILES string of the molecule is Cc1nn(C)cc1Nc1nnc(C)c(C)c1C(N)=S. The van der Waals surface area contributed by atoms with Crippen LogP contribution in [-0.2, 0) is 7.05 Å². The zero-order valence-corrected chi connectivity index (χ0v) is 12.2. The molecule has 7 heteroatoms. The maximum atomic E-state index is 5.78. The third-order valence-corrected chi connectivity index (χ3v) is 3.17. The van der Waals surface area contributed by atoms with Crippen LogP contribution in [0.4, 0.5) is 11.5 Å². The summed E-state index contributed by atoms with van der Waals surface area (Å²) >= 11 is 5.10. The number of nitrogens with one attached hydrogen (secondary N) is 1. The maximum Gasteiger partial charge on any atom is 0.163 e. The second-order valence-electron chi connectivity index (χ2n) is 4.43. The van der Waals surface area contributed by atoms with Crippen molar-refractivity contribution in [2.24, 2.45) is 12.8 Å². The van der Waals surface area contributed by atoms with Crippen molar-refractivity contribution in [1.29, 1.82) is 0 Å². The first kappa shape index (κ1) is 13.4. The third kappa shape index (κ3) is 2.55. The third-order valence-electron chi connectivity index (χ3n) is 2.97. The molecule has 0 saturated carbocycles. The van der Waals surface area contributed by atoms with Crippen LogP contribution in [0.25, 0.3) is 0 Å². The average molecular weight is 276 g/mol. The van der Waals surface area contributed by atoms with Gasteiger partial charge in [0.05, 0.1) is 22.6 Å². The Bertz CT molecular complexity index is 646. The van der Waals surface area contributed by atoms with E-state index in [1.165, 1.54) is 0 Å². The standard InChI is InChI=1S/C12H16N6S/c1-6-7(2)15-16-12(10(6)11(13)19)14-9-5-18(4)17-8(9)3/h5H,1-4H3,(H2,13,19)(H,14,16). The van der Waals surface area contributed by atoms with Crippen LogP contribution in [0, 0.1) is 20.8 Å². The molecule has 0 bridgehead atoms. The predicted molar refractivity (Wildman–Crippen MR) is 78.6 cm³/mol. The summed E-state index contributed by atoms with van der Waals surface area (Å²) in [6.45, 7) is 5.72. The van der Waals surface area contributed by atoms with Gasteiger partial charge in [-0.3, -0.25) is 4.68 Å². The number of aromatic nitrogens is 4. The topological polar surface area (TPSA) is 81.7 Å². The summed E-state index contributed by atoms with van der Waals surface area (Å²) in [6.07, 6.45) is 1.87. The van der Waals surface area contributed by atoms with Gasteiger partial charge in [-0.1, -0.05) is 12.2 Å². The van der Waals surface area contributed by atoms with Crippen LogP contribution in [0.5, 0.6) is 0 Å². The van der Waals surface area contributed by atoms with Crippen LogP contribution in [0.15, 0.2) is 6.20 Å². The normalized spacial score (nSPS) is 10.5. The molecule has 2 heterocycles. The van der Waals surface area contributed by atoms with E-state index in [4.69, 9.17) is 18.0 Å². The van der Waals surface area contributed by atoms with Gasteiger partial charge in [0.2, 0.25) is 0 Å². The molecule has 0 aliphatic rings. The average Bonchev–Trinajstić information content (AvgIpc) is 2.62. The van der Waals surface area contributed by atoms with Gasteiger partial charge in [0, 0.05) is 13.2 Å². The zero-order valence-electron chi connectivity index (χ0n) is 11.4. The fraction of sp³-hybridized carbons (Fsp3) is 0.333. The van der Waals surface area contributed by atoms with Gasteiger partial charge in [0.1, 0.15) is 4.99 Å². The number of rotatable bonds is 3. The van der Waals surface area contributed by atoms with Crippen molar-refractivity contribution in [3.8, 4) is 0 Å². The van der Waals surface area contributed by atoms with Gasteiger partial charge in [-0.05, 0) is 26.3 Å². The molecular weight excluding hydrogens is 260 g/mol. The van der Waals surface area contributed by atoms with Gasteiger partial charge in [0.15, 0.2) is 5.82 Å². The lowest BCUT2D eigenvalue weighted by Gasteiger charge is -2.12. The molecule has 0 atom stereocenters. The van der Waals surface area contributed by atoms with Crippen molar-refractivity contribution in [2.45, 2.75) is 20.8 Å². The molecule has 3 N–H and O–H groups in total. The van der Waals surface area contributed by atoms with Crippen LogP contribution in [0.2, 0.25) is 0 Å². The first-order valence-corrected chi connectivity index (χ1v) is 6.22. The van der Waals surface area contributed by atoms with Crippen molar-refractivity contribution >= 4 is 28.7 Å². The van der Waals surface area contributed by atoms with E-state index < -0.39 is 0 Å². The molecule has 100 valence electrons. The fourth-order valence-electron chi connectivity index (χ4n) is 1.85. The Morgan fingerprint density at radius 1 is 1.26 bits per heavy atom. The quantitative estimate of drug-likeness (QED) is 0.827. The first-order chi connectivity index (χ1) is 8.90. The zero-order chi connectivity index (χ0) is 14.2. The molecule has 0 aliphatic heterocycles. The lowest BCUT2D eigenvalue weighted by Crippen LogP contribution is -2.17. The Morgan fingerprint density at radius 2 is 1.95 bits per heavy atom. The number of hydrogen-bond donors (Lipinski definition) is 2. The van der Waals surface area contributed by atoms with Crippen molar-refractivity contribution in [1.82, 2.24) is 20.0 Å². The Hall–Kier alpha value is -2.02. The molecular formula is C12H16N6S. The molecule has 19 heavy (non-hydrogen) atoms. The van der Waals surface area contributed by atoms with E-state index in [0.29, 0.717) is 10.8 Å². The van der Waals surface area contributed by atoms with E-state index in [1.54, 1.807) is 4.68 Å². The number of hydrogen-bond acceptors (Lipinski definition) is 5. The van der Waals surface area contributed by atoms with Gasteiger partial charge in [-0.2, -0.15) is 10.2 Å². The lowest BCUT2D eigenvalue weighted by molar-refractivity contribution is 0.756. The molecule has 2 aromatic rings. The summed E-state index contributed by atoms with van der Waals surface area (Å²) in [5.41, 5.74) is 9.99. The van der Waals surface area contributed by atoms with Crippen LogP contribution in [-0.4, -0.2) is 25.0 Å². The van der Waals surface area contributed by atoms with Crippen molar-refractivity contribution in [3.63, 3.8) is 0 Å². The van der Waals surface area contributed by atoms with Crippen LogP contribution in [0.3, 0.4) is 0 Å². The van der Waals surface area contributed by atoms with Crippen LogP contribution >= 0.6 is 12.2 Å². The number of anilines is 2. The minimum absolute atomic E-state index is 0.305. The van der Waals surface area contributed by atoms with E-state index >= 15 is 0 Å². The van der Waals surface area contributed by atoms with E-state index in [2.05, 4.69) is 20.6 Å². The second-order valence-corrected chi connectivity index (χ2v) is 4.86. The Kier molecular flexibility index (Phi) is 3.48. The highest BCUT2D eigenvalue weighted by atomic mass is 32.1. The number of nitrogens with zero attached hydrogens (tertiary/aromatic N) is 4. The molecule has 6 nitrogen and oxygen atoms in total. The number of aryl methyl sites for hydroxylation is 3. The highest BCUT2D eigenvalue weighted by molar-refractivity contribution is 7.80. The van der Waals surface area contributed by atoms with Crippen molar-refractivity contribution < 1.29 is 0 Å². The molecule has 0 saturated heterocycles. The van der Waals surface area contributed by atoms with Gasteiger partial charge in [-0.25, -0.2) is 0 Å². The van der Waals surface area contributed by atoms with Gasteiger partial charge >= 0.3 is 0 Å². The van der Waals surface area contributed by atoms with E-state index in [-0.39, 0.29) is 0 Å². The van der Waals surface area contributed by atoms with Crippen LogP contribution < -0.4 is 11.1 Å². The molecule has 0 fully saturated rings. The molecule has 0 spiro atoms. The highest BCUT2D eigenvalue weighted by Gasteiger charge is 2.15. The summed E-state index contributed by atoms with van der Waals surface area (Å²) < 4.78 is 1.73. The molecule has 0 amide bonds. The Labute approximate surface area is 117 Å². The lowest BCUT2D eigenvalue weighted by atomic mass is 10.1. The van der Waals surface area contributed by atoms with E-state index in [1.807, 2.05) is 34.0 Å². The molecule has 0 radical (unpaired) electrons. The monoisotopic (exact) mass is 276 g/mol. The molecule has 2 aromatic heterocycles. The number of thiocarbonyl (C=S) groups is 1. The summed E-state index contributed by atoms with van der Waals surface area (Å²) in [4.78, 5) is 0.305. The molecule has 0 unspecified atom stereocenters. The van der Waals surface area contributed by atoms with E-state index in [0.717, 1.165) is 28.2 Å². The molecule has 2 rings (SSSR count). The smallest absolute Gasteiger partial charge is 0.163 e. The Balaban J connectivity index is 2.49. The first-order valence-electron chi connectivity index (χ1n) is 5.81. The summed E-state index contributed by atoms with van der Waals surface area (Å²) in [5, 5.41) is 15.7. The van der Waals surface area contributed by atoms with Gasteiger partial charge < -0.3 is 11.1 Å². The highest BCUT2D eigenvalue weighted by Crippen LogP contribution is 2.23. The fourth-order valence-corrected chi connectivity index (χ4v) is 2.10. The maximum absolute atomic E-state index is 5.78. The minimum Gasteiger partial charge on any atom is -0.389 e. The second kappa shape index (κ2) is 4.93. The summed E-state index contributed by atoms with van der Waals surface area (Å²) in [6, 6.07) is 0. The van der Waals surface area contributed by atoms with Crippen LogP contribution in [0.1, 0.15) is 22.5 Å². The number of nitrogens with two attached hydrogens (primary N) is 1. The minimum atomic E-state index is 0.305. The predicted octanol–water partition coefficient (Wildman–Crippen LogP) is 1.51. The van der Waals surface area contributed by atoms with Crippen molar-refractivity contribution in [3.05, 3.63) is 28.7 Å². The molecule has 0 aliphatic carbocycles. The largest absolute Gasteiger partial charge is 0.389 e. The van der Waals surface area contributed by atoms with E-state index in [9.17, 15) is 0 Å². The van der Waals surface area contributed by atoms with Crippen molar-refractivity contribution in [2.75, 3.05) is 5.32 Å². The van der Waals surface area contributed by atoms with Gasteiger partial charge in [0.25, 0.3) is 0 Å². The summed E-state index contributed by atoms with van der Waals surface area (Å²) in [5.74, 6) is 0.562.